The van der Waals surface area contributed by atoms with Crippen molar-refractivity contribution in [2.75, 3.05) is 26.9 Å². The van der Waals surface area contributed by atoms with Crippen molar-refractivity contribution in [3.05, 3.63) is 12.7 Å². The van der Waals surface area contributed by atoms with E-state index in [1.165, 1.54) is 0 Å². The molecule has 0 saturated carbocycles. The zero-order valence-electron chi connectivity index (χ0n) is 6.79. The van der Waals surface area contributed by atoms with Crippen LogP contribution in [-0.2, 0) is 14.2 Å². The minimum Gasteiger partial charge on any atom is -0.382 e. The van der Waals surface area contributed by atoms with Gasteiger partial charge in [-0.15, -0.1) is 6.58 Å². The van der Waals surface area contributed by atoms with Gasteiger partial charge < -0.3 is 14.2 Å². The van der Waals surface area contributed by atoms with Gasteiger partial charge >= 0.3 is 0 Å². The SMILES string of the molecule is C=CCOC[C@@H]1O[C@@H]1COC. The van der Waals surface area contributed by atoms with Gasteiger partial charge in [0.2, 0.25) is 0 Å². The molecule has 1 fully saturated rings. The first-order valence-electron chi connectivity index (χ1n) is 3.71. The Morgan fingerprint density at radius 1 is 1.45 bits per heavy atom. The first kappa shape index (κ1) is 8.71. The average Bonchev–Trinajstić information content (AvgIpc) is 2.70. The lowest BCUT2D eigenvalue weighted by Gasteiger charge is -1.95. The second-order valence-corrected chi connectivity index (χ2v) is 2.49. The number of methoxy groups -OCH3 is 1. The van der Waals surface area contributed by atoms with Crippen LogP contribution in [0.3, 0.4) is 0 Å². The molecule has 0 N–H and O–H groups in total. The van der Waals surface area contributed by atoms with E-state index in [1.54, 1.807) is 13.2 Å². The van der Waals surface area contributed by atoms with Gasteiger partial charge in [0.25, 0.3) is 0 Å². The van der Waals surface area contributed by atoms with Crippen LogP contribution in [0.25, 0.3) is 0 Å². The fourth-order valence-corrected chi connectivity index (χ4v) is 0.904. The molecular weight excluding hydrogens is 144 g/mol. The Labute approximate surface area is 66.9 Å². The molecule has 3 heteroatoms. The maximum Gasteiger partial charge on any atom is 0.110 e. The third-order valence-corrected chi connectivity index (χ3v) is 1.54. The van der Waals surface area contributed by atoms with E-state index in [0.29, 0.717) is 19.8 Å². The Hall–Kier alpha value is -0.380. The smallest absolute Gasteiger partial charge is 0.110 e. The van der Waals surface area contributed by atoms with Crippen LogP contribution >= 0.6 is 0 Å². The van der Waals surface area contributed by atoms with Gasteiger partial charge in [-0.1, -0.05) is 6.08 Å². The van der Waals surface area contributed by atoms with Crippen molar-refractivity contribution in [3.63, 3.8) is 0 Å². The van der Waals surface area contributed by atoms with Gasteiger partial charge in [-0.2, -0.15) is 0 Å². The number of ether oxygens (including phenoxy) is 3. The first-order chi connectivity index (χ1) is 5.38. The fourth-order valence-electron chi connectivity index (χ4n) is 0.904. The zero-order valence-corrected chi connectivity index (χ0v) is 6.79. The van der Waals surface area contributed by atoms with Crippen molar-refractivity contribution in [3.8, 4) is 0 Å². The van der Waals surface area contributed by atoms with Gasteiger partial charge in [0, 0.05) is 7.11 Å². The maximum atomic E-state index is 5.22. The Morgan fingerprint density at radius 3 is 2.82 bits per heavy atom. The summed E-state index contributed by atoms with van der Waals surface area (Å²) < 4.78 is 15.3. The van der Waals surface area contributed by atoms with Crippen molar-refractivity contribution in [1.82, 2.24) is 0 Å². The largest absolute Gasteiger partial charge is 0.382 e. The highest BCUT2D eigenvalue weighted by Crippen LogP contribution is 2.21. The van der Waals surface area contributed by atoms with E-state index in [4.69, 9.17) is 14.2 Å². The molecule has 0 aromatic heterocycles. The van der Waals surface area contributed by atoms with Crippen LogP contribution in [0.5, 0.6) is 0 Å². The molecule has 1 aliphatic heterocycles. The van der Waals surface area contributed by atoms with Crippen LogP contribution in [0.4, 0.5) is 0 Å². The molecule has 1 aliphatic rings. The number of hydrogen-bond donors (Lipinski definition) is 0. The Bertz CT molecular complexity index is 125. The van der Waals surface area contributed by atoms with E-state index in [2.05, 4.69) is 6.58 Å². The van der Waals surface area contributed by atoms with E-state index in [0.717, 1.165) is 0 Å². The van der Waals surface area contributed by atoms with Crippen LogP contribution in [0.15, 0.2) is 12.7 Å². The summed E-state index contributed by atoms with van der Waals surface area (Å²) in [7, 11) is 1.67. The van der Waals surface area contributed by atoms with Crippen molar-refractivity contribution in [2.24, 2.45) is 0 Å². The van der Waals surface area contributed by atoms with Crippen molar-refractivity contribution < 1.29 is 14.2 Å². The second-order valence-electron chi connectivity index (χ2n) is 2.49. The normalized spacial score (nSPS) is 28.5. The highest BCUT2D eigenvalue weighted by molar-refractivity contribution is 4.84. The number of hydrogen-bond acceptors (Lipinski definition) is 3. The van der Waals surface area contributed by atoms with Crippen molar-refractivity contribution >= 4 is 0 Å². The summed E-state index contributed by atoms with van der Waals surface area (Å²) in [5, 5.41) is 0. The number of rotatable bonds is 6. The van der Waals surface area contributed by atoms with Crippen LogP contribution in [0.2, 0.25) is 0 Å². The highest BCUT2D eigenvalue weighted by atomic mass is 16.6. The van der Waals surface area contributed by atoms with Crippen LogP contribution in [-0.4, -0.2) is 39.1 Å². The molecule has 0 bridgehead atoms. The van der Waals surface area contributed by atoms with E-state index >= 15 is 0 Å². The van der Waals surface area contributed by atoms with Gasteiger partial charge in [0.1, 0.15) is 12.2 Å². The minimum absolute atomic E-state index is 0.245. The second kappa shape index (κ2) is 4.49. The molecule has 1 rings (SSSR count). The molecule has 11 heavy (non-hydrogen) atoms. The lowest BCUT2D eigenvalue weighted by atomic mass is 10.3. The lowest BCUT2D eigenvalue weighted by molar-refractivity contribution is 0.140. The van der Waals surface area contributed by atoms with Crippen molar-refractivity contribution in [2.45, 2.75) is 12.2 Å². The maximum absolute atomic E-state index is 5.22. The third-order valence-electron chi connectivity index (χ3n) is 1.54. The summed E-state index contributed by atoms with van der Waals surface area (Å²) in [6.45, 7) is 5.46. The lowest BCUT2D eigenvalue weighted by Crippen LogP contribution is -2.08. The summed E-state index contributed by atoms with van der Waals surface area (Å²) in [6, 6.07) is 0. The molecule has 0 radical (unpaired) electrons. The summed E-state index contributed by atoms with van der Waals surface area (Å²) in [6.07, 6.45) is 2.23. The van der Waals surface area contributed by atoms with Gasteiger partial charge in [-0.05, 0) is 0 Å². The summed E-state index contributed by atoms with van der Waals surface area (Å²) in [5.74, 6) is 0. The average molecular weight is 158 g/mol. The molecule has 2 atom stereocenters. The van der Waals surface area contributed by atoms with E-state index in [-0.39, 0.29) is 12.2 Å². The summed E-state index contributed by atoms with van der Waals surface area (Å²) >= 11 is 0. The minimum atomic E-state index is 0.245. The van der Waals surface area contributed by atoms with E-state index < -0.39 is 0 Å². The number of epoxide rings is 1. The first-order valence-corrected chi connectivity index (χ1v) is 3.71. The predicted molar refractivity (Wildman–Crippen MR) is 41.6 cm³/mol. The molecule has 0 aromatic rings. The van der Waals surface area contributed by atoms with Gasteiger partial charge in [0.15, 0.2) is 0 Å². The van der Waals surface area contributed by atoms with Crippen LogP contribution in [0.1, 0.15) is 0 Å². The topological polar surface area (TPSA) is 31.0 Å². The van der Waals surface area contributed by atoms with Crippen molar-refractivity contribution in [1.29, 1.82) is 0 Å². The fraction of sp³-hybridized carbons (Fsp3) is 0.750. The van der Waals surface area contributed by atoms with Crippen LogP contribution < -0.4 is 0 Å². The molecule has 0 aliphatic carbocycles. The molecule has 64 valence electrons. The van der Waals surface area contributed by atoms with Gasteiger partial charge in [-0.25, -0.2) is 0 Å². The van der Waals surface area contributed by atoms with Crippen LogP contribution in [0, 0.1) is 0 Å². The molecule has 3 nitrogen and oxygen atoms in total. The monoisotopic (exact) mass is 158 g/mol. The third kappa shape index (κ3) is 3.01. The van der Waals surface area contributed by atoms with Gasteiger partial charge in [-0.3, -0.25) is 0 Å². The molecule has 0 amide bonds. The molecule has 1 heterocycles. The molecule has 0 unspecified atom stereocenters. The summed E-state index contributed by atoms with van der Waals surface area (Å²) in [4.78, 5) is 0. The predicted octanol–water partition coefficient (Wildman–Crippen LogP) is 0.603. The molecular formula is C8H14O3. The standard InChI is InChI=1S/C8H14O3/c1-3-4-10-6-8-7(11-8)5-9-2/h3,7-8H,1,4-6H2,2H3/t7-,8+/m1/s1. The Morgan fingerprint density at radius 2 is 2.18 bits per heavy atom. The van der Waals surface area contributed by atoms with E-state index in [9.17, 15) is 0 Å². The highest BCUT2D eigenvalue weighted by Gasteiger charge is 2.38. The quantitative estimate of drug-likeness (QED) is 0.322. The molecule has 0 aromatic carbocycles. The summed E-state index contributed by atoms with van der Waals surface area (Å²) in [5.41, 5.74) is 0. The Kier molecular flexibility index (Phi) is 3.56. The Balaban J connectivity index is 1.91. The molecule has 1 saturated heterocycles. The zero-order chi connectivity index (χ0) is 8.10. The van der Waals surface area contributed by atoms with Gasteiger partial charge in [0.05, 0.1) is 19.8 Å². The molecule has 0 spiro atoms. The van der Waals surface area contributed by atoms with E-state index in [1.807, 2.05) is 0 Å².